The van der Waals surface area contributed by atoms with E-state index in [0.29, 0.717) is 49.4 Å². The molecule has 1 fully saturated rings. The van der Waals surface area contributed by atoms with Crippen LogP contribution < -0.4 is 14.8 Å². The number of rotatable bonds is 16. The zero-order valence-electron chi connectivity index (χ0n) is 31.7. The third-order valence-electron chi connectivity index (χ3n) is 10.2. The van der Waals surface area contributed by atoms with Crippen molar-refractivity contribution in [2.24, 2.45) is 0 Å². The highest BCUT2D eigenvalue weighted by atomic mass is 16.5. The molecule has 0 radical (unpaired) electrons. The molecule has 54 heavy (non-hydrogen) atoms. The molecule has 2 N–H and O–H groups in total. The quantitative estimate of drug-likeness (QED) is 0.108. The molecule has 1 aromatic heterocycles. The summed E-state index contributed by atoms with van der Waals surface area (Å²) in [5.41, 5.74) is 7.30. The smallest absolute Gasteiger partial charge is 0.256 e. The topological polar surface area (TPSA) is 96.3 Å². The Balaban J connectivity index is 1.37. The van der Waals surface area contributed by atoms with Crippen LogP contribution in [-0.4, -0.2) is 84.3 Å². The van der Waals surface area contributed by atoms with Crippen LogP contribution in [0.5, 0.6) is 11.5 Å². The summed E-state index contributed by atoms with van der Waals surface area (Å²) < 4.78 is 14.0. The minimum atomic E-state index is -0.0480. The van der Waals surface area contributed by atoms with Crippen LogP contribution in [0, 0.1) is 6.92 Å². The molecule has 5 aromatic rings. The van der Waals surface area contributed by atoms with Crippen molar-refractivity contribution in [3.63, 3.8) is 0 Å². The lowest BCUT2D eigenvalue weighted by Gasteiger charge is -2.42. The van der Waals surface area contributed by atoms with Crippen LogP contribution >= 0.6 is 0 Å². The maximum absolute atomic E-state index is 15.1. The Morgan fingerprint density at radius 2 is 1.50 bits per heavy atom. The summed E-state index contributed by atoms with van der Waals surface area (Å²) >= 11 is 0. The molecule has 1 atom stereocenters. The Hall–Kier alpha value is -5.38. The van der Waals surface area contributed by atoms with E-state index in [9.17, 15) is 4.79 Å². The molecule has 0 aliphatic carbocycles. The maximum Gasteiger partial charge on any atom is 0.256 e. The van der Waals surface area contributed by atoms with Gasteiger partial charge in [0.1, 0.15) is 0 Å². The van der Waals surface area contributed by atoms with Gasteiger partial charge < -0.3 is 29.4 Å². The van der Waals surface area contributed by atoms with Gasteiger partial charge >= 0.3 is 0 Å². The van der Waals surface area contributed by atoms with Gasteiger partial charge in [-0.05, 0) is 73.1 Å². The summed E-state index contributed by atoms with van der Waals surface area (Å²) in [6, 6.07) is 36.9. The highest BCUT2D eigenvalue weighted by Crippen LogP contribution is 2.41. The average Bonchev–Trinajstić information content (AvgIpc) is 3.55. The number of aryl methyl sites for hydroxylation is 2. The minimum absolute atomic E-state index is 0.00375. The van der Waals surface area contributed by atoms with Crippen LogP contribution in [-0.2, 0) is 24.2 Å². The SMILES string of the molecule is COc1cc(CCC(=O)NCCCCO)cc(-n2c(C)cc(C(=O)N3CCN(Cc4ccccc4)C[C@H]3Cc3ccccc3)c2-c2ccccc2)c1OC. The predicted molar refractivity (Wildman–Crippen MR) is 213 cm³/mol. The van der Waals surface area contributed by atoms with E-state index < -0.39 is 0 Å². The van der Waals surface area contributed by atoms with E-state index in [4.69, 9.17) is 14.6 Å². The van der Waals surface area contributed by atoms with Gasteiger partial charge in [-0.3, -0.25) is 14.5 Å². The normalized spacial score (nSPS) is 14.5. The standard InChI is InChI=1S/C45H52N4O5/c1-33-27-39(45(52)48-25-24-47(31-35-17-9-5-10-18-35)32-38(48)28-34-15-7-4-8-16-34)43(37-19-11-6-12-20-37)49(33)40-29-36(30-41(53-2)44(40)54-3)21-22-42(51)46-23-13-14-26-50/h4-12,15-20,27,29-30,38,50H,13-14,21-26,28,31-32H2,1-3H3,(H,46,51)/t38-/m1/s1. The Kier molecular flexibility index (Phi) is 13.2. The number of nitrogens with one attached hydrogen (secondary N) is 1. The minimum Gasteiger partial charge on any atom is -0.493 e. The summed E-state index contributed by atoms with van der Waals surface area (Å²) in [6.45, 7) is 5.64. The van der Waals surface area contributed by atoms with E-state index in [1.807, 2.05) is 67.6 Å². The van der Waals surface area contributed by atoms with Gasteiger partial charge in [-0.1, -0.05) is 91.0 Å². The first kappa shape index (κ1) is 38.3. The fraction of sp³-hybridized carbons (Fsp3) is 0.333. The van der Waals surface area contributed by atoms with Gasteiger partial charge in [-0.25, -0.2) is 0 Å². The zero-order valence-corrected chi connectivity index (χ0v) is 31.7. The van der Waals surface area contributed by atoms with Gasteiger partial charge in [0.2, 0.25) is 5.91 Å². The first-order valence-corrected chi connectivity index (χ1v) is 18.9. The van der Waals surface area contributed by atoms with Crippen LogP contribution in [0.4, 0.5) is 0 Å². The van der Waals surface area contributed by atoms with Crippen molar-refractivity contribution >= 4 is 11.8 Å². The molecule has 9 heteroatoms. The number of unbranched alkanes of at least 4 members (excludes halogenated alkanes) is 1. The number of aliphatic hydroxyl groups is 1. The fourth-order valence-corrected chi connectivity index (χ4v) is 7.50. The number of benzene rings is 4. The summed E-state index contributed by atoms with van der Waals surface area (Å²) in [7, 11) is 3.23. The van der Waals surface area contributed by atoms with Crippen LogP contribution in [0.3, 0.4) is 0 Å². The van der Waals surface area contributed by atoms with Crippen LogP contribution in [0.2, 0.25) is 0 Å². The second kappa shape index (κ2) is 18.6. The fourth-order valence-electron chi connectivity index (χ4n) is 7.50. The van der Waals surface area contributed by atoms with E-state index in [0.717, 1.165) is 60.7 Å². The molecule has 1 aliphatic heterocycles. The molecular weight excluding hydrogens is 677 g/mol. The van der Waals surface area contributed by atoms with Gasteiger partial charge in [-0.15, -0.1) is 0 Å². The first-order valence-electron chi connectivity index (χ1n) is 18.9. The number of carbonyl (C=O) groups excluding carboxylic acids is 2. The van der Waals surface area contributed by atoms with E-state index in [2.05, 4.69) is 68.2 Å². The number of hydrogen-bond donors (Lipinski definition) is 2. The van der Waals surface area contributed by atoms with Crippen molar-refractivity contribution < 1.29 is 24.2 Å². The second-order valence-corrected chi connectivity index (χ2v) is 13.9. The van der Waals surface area contributed by atoms with Crippen LogP contribution in [0.1, 0.15) is 52.0 Å². The molecular formula is C45H52N4O5. The summed E-state index contributed by atoms with van der Waals surface area (Å²) in [6.07, 6.45) is 2.92. The number of aliphatic hydroxyl groups excluding tert-OH is 1. The number of aromatic nitrogens is 1. The second-order valence-electron chi connectivity index (χ2n) is 13.9. The van der Waals surface area contributed by atoms with Crippen molar-refractivity contribution in [2.75, 3.05) is 47.0 Å². The molecule has 9 nitrogen and oxygen atoms in total. The molecule has 0 spiro atoms. The Labute approximate surface area is 319 Å². The first-order chi connectivity index (χ1) is 26.4. The number of carbonyl (C=O) groups is 2. The van der Waals surface area contributed by atoms with Crippen molar-refractivity contribution in [3.8, 4) is 28.4 Å². The van der Waals surface area contributed by atoms with E-state index in [1.54, 1.807) is 14.2 Å². The van der Waals surface area contributed by atoms with Gasteiger partial charge in [0.15, 0.2) is 11.5 Å². The van der Waals surface area contributed by atoms with Gasteiger partial charge in [0, 0.05) is 57.5 Å². The van der Waals surface area contributed by atoms with Crippen molar-refractivity contribution in [1.29, 1.82) is 0 Å². The van der Waals surface area contributed by atoms with Crippen molar-refractivity contribution in [1.82, 2.24) is 19.7 Å². The Morgan fingerprint density at radius 3 is 2.17 bits per heavy atom. The number of piperazine rings is 1. The molecule has 1 saturated heterocycles. The lowest BCUT2D eigenvalue weighted by molar-refractivity contribution is -0.121. The predicted octanol–water partition coefficient (Wildman–Crippen LogP) is 6.86. The number of methoxy groups -OCH3 is 2. The molecule has 2 amide bonds. The Morgan fingerprint density at radius 1 is 0.815 bits per heavy atom. The van der Waals surface area contributed by atoms with Gasteiger partial charge in [0.05, 0.1) is 31.2 Å². The number of hydrogen-bond acceptors (Lipinski definition) is 6. The zero-order chi connectivity index (χ0) is 37.9. The van der Waals surface area contributed by atoms with Gasteiger partial charge in [-0.2, -0.15) is 0 Å². The molecule has 0 unspecified atom stereocenters. The molecule has 1 aliphatic rings. The number of amides is 2. The third-order valence-corrected chi connectivity index (χ3v) is 10.2. The van der Waals surface area contributed by atoms with Crippen LogP contribution in [0.25, 0.3) is 16.9 Å². The van der Waals surface area contributed by atoms with Crippen LogP contribution in [0.15, 0.2) is 109 Å². The molecule has 282 valence electrons. The maximum atomic E-state index is 15.1. The van der Waals surface area contributed by atoms with Crippen molar-refractivity contribution in [2.45, 2.75) is 51.6 Å². The molecule has 0 saturated carbocycles. The van der Waals surface area contributed by atoms with E-state index >= 15 is 4.79 Å². The third kappa shape index (κ3) is 9.21. The highest BCUT2D eigenvalue weighted by Gasteiger charge is 2.34. The summed E-state index contributed by atoms with van der Waals surface area (Å²) in [4.78, 5) is 32.3. The highest BCUT2D eigenvalue weighted by molar-refractivity contribution is 6.01. The van der Waals surface area contributed by atoms with Crippen molar-refractivity contribution in [3.05, 3.63) is 137 Å². The summed E-state index contributed by atoms with van der Waals surface area (Å²) in [5, 5.41) is 12.0. The molecule has 0 bridgehead atoms. The molecule has 6 rings (SSSR count). The molecule has 4 aromatic carbocycles. The van der Waals surface area contributed by atoms with E-state index in [1.165, 1.54) is 11.1 Å². The monoisotopic (exact) mass is 728 g/mol. The number of ether oxygens (including phenoxy) is 2. The molecule has 2 heterocycles. The number of nitrogens with zero attached hydrogens (tertiary/aromatic N) is 3. The average molecular weight is 729 g/mol. The largest absolute Gasteiger partial charge is 0.493 e. The lowest BCUT2D eigenvalue weighted by atomic mass is 9.99. The summed E-state index contributed by atoms with van der Waals surface area (Å²) in [5.74, 6) is 1.04. The van der Waals surface area contributed by atoms with Gasteiger partial charge in [0.25, 0.3) is 5.91 Å². The lowest BCUT2D eigenvalue weighted by Crippen LogP contribution is -2.55. The Bertz CT molecular complexity index is 1980. The van der Waals surface area contributed by atoms with E-state index in [-0.39, 0.29) is 24.5 Å².